The number of benzene rings is 1. The number of carbonyl (C=O) groups excluding carboxylic acids is 1. The van der Waals surface area contributed by atoms with Gasteiger partial charge in [0, 0.05) is 6.07 Å². The molecule has 3 heterocycles. The molecule has 0 aliphatic carbocycles. The van der Waals surface area contributed by atoms with Gasteiger partial charge in [-0.25, -0.2) is 27.6 Å². The first-order valence-electron chi connectivity index (χ1n) is 8.75. The van der Waals surface area contributed by atoms with Crippen molar-refractivity contribution in [1.29, 1.82) is 0 Å². The number of sulfonamides is 1. The summed E-state index contributed by atoms with van der Waals surface area (Å²) >= 11 is 6.57. The lowest BCUT2D eigenvalue weighted by Crippen LogP contribution is -2.34. The first-order valence-corrected chi connectivity index (χ1v) is 11.4. The normalized spacial score (nSPS) is 11.3. The van der Waals surface area contributed by atoms with Crippen LogP contribution >= 0.6 is 22.9 Å². The van der Waals surface area contributed by atoms with Gasteiger partial charge >= 0.3 is 6.03 Å². The van der Waals surface area contributed by atoms with Crippen molar-refractivity contribution in [2.45, 2.75) is 4.21 Å². The lowest BCUT2D eigenvalue weighted by atomic mass is 10.2. The van der Waals surface area contributed by atoms with E-state index in [9.17, 15) is 18.0 Å². The van der Waals surface area contributed by atoms with Gasteiger partial charge in [0.15, 0.2) is 5.82 Å². The van der Waals surface area contributed by atoms with Crippen LogP contribution in [0.5, 0.6) is 0 Å². The van der Waals surface area contributed by atoms with Gasteiger partial charge in [-0.3, -0.25) is 9.89 Å². The Balaban J connectivity index is 1.47. The largest absolute Gasteiger partial charge is 0.333 e. The number of carbonyl (C=O) groups is 1. The van der Waals surface area contributed by atoms with Crippen LogP contribution in [0.15, 0.2) is 75.9 Å². The fourth-order valence-electron chi connectivity index (χ4n) is 2.69. The summed E-state index contributed by atoms with van der Waals surface area (Å²) in [6, 6.07) is 15.6. The molecule has 0 aliphatic rings. The molecule has 12 heteroatoms. The summed E-state index contributed by atoms with van der Waals surface area (Å²) in [5.41, 5.74) is 1.42. The number of nitrogens with one attached hydrogen (secondary N) is 3. The highest BCUT2D eigenvalue weighted by atomic mass is 35.5. The molecule has 4 rings (SSSR count). The van der Waals surface area contributed by atoms with Crippen molar-refractivity contribution in [3.05, 3.63) is 81.6 Å². The summed E-state index contributed by atoms with van der Waals surface area (Å²) in [6.45, 7) is 0. The molecule has 158 valence electrons. The van der Waals surface area contributed by atoms with Gasteiger partial charge in [0.1, 0.15) is 4.21 Å². The Morgan fingerprint density at radius 3 is 2.52 bits per heavy atom. The number of aromatic nitrogens is 3. The average molecular weight is 476 g/mol. The summed E-state index contributed by atoms with van der Waals surface area (Å²) < 4.78 is 27.7. The van der Waals surface area contributed by atoms with Gasteiger partial charge in [-0.1, -0.05) is 41.9 Å². The molecule has 0 radical (unpaired) electrons. The van der Waals surface area contributed by atoms with E-state index in [1.807, 2.05) is 35.1 Å². The molecule has 9 nitrogen and oxygen atoms in total. The number of aromatic amines is 1. The fraction of sp³-hybridized carbons (Fsp3) is 0. The van der Waals surface area contributed by atoms with Gasteiger partial charge in [-0.15, -0.1) is 11.3 Å². The van der Waals surface area contributed by atoms with E-state index in [0.717, 1.165) is 16.9 Å². The molecular weight excluding hydrogens is 462 g/mol. The third-order valence-corrected chi connectivity index (χ3v) is 7.13. The number of hydrogen-bond donors (Lipinski definition) is 3. The van der Waals surface area contributed by atoms with Crippen molar-refractivity contribution in [2.75, 3.05) is 5.32 Å². The zero-order chi connectivity index (χ0) is 22.0. The lowest BCUT2D eigenvalue weighted by Gasteiger charge is -2.08. The van der Waals surface area contributed by atoms with Crippen molar-refractivity contribution in [3.8, 4) is 17.1 Å². The molecule has 31 heavy (non-hydrogen) atoms. The molecule has 0 unspecified atom stereocenters. The summed E-state index contributed by atoms with van der Waals surface area (Å²) in [4.78, 5) is 28.5. The SMILES string of the molecule is O=C(Nc1ccc(-n2[nH]c(-c3ccccc3)cc2=O)nc1)NS(=O)(=O)c1ccc(Cl)s1. The van der Waals surface area contributed by atoms with Crippen LogP contribution in [0.1, 0.15) is 0 Å². The van der Waals surface area contributed by atoms with E-state index in [1.165, 1.54) is 41.2 Å². The quantitative estimate of drug-likeness (QED) is 0.407. The Labute approximate surface area is 185 Å². The Bertz CT molecular complexity index is 1390. The van der Waals surface area contributed by atoms with Gasteiger partial charge in [0.2, 0.25) is 0 Å². The van der Waals surface area contributed by atoms with Crippen LogP contribution in [0.3, 0.4) is 0 Å². The topological polar surface area (TPSA) is 126 Å². The second-order valence-corrected chi connectivity index (χ2v) is 9.86. The lowest BCUT2D eigenvalue weighted by molar-refractivity contribution is 0.256. The van der Waals surface area contributed by atoms with E-state index in [1.54, 1.807) is 0 Å². The second kappa shape index (κ2) is 8.38. The van der Waals surface area contributed by atoms with Crippen molar-refractivity contribution in [1.82, 2.24) is 19.5 Å². The summed E-state index contributed by atoms with van der Waals surface area (Å²) in [6.07, 6.45) is 1.30. The van der Waals surface area contributed by atoms with Crippen molar-refractivity contribution in [2.24, 2.45) is 0 Å². The molecule has 3 aromatic heterocycles. The van der Waals surface area contributed by atoms with Crippen LogP contribution in [0.4, 0.5) is 10.5 Å². The average Bonchev–Trinajstić information content (AvgIpc) is 3.35. The summed E-state index contributed by atoms with van der Waals surface area (Å²) in [7, 11) is -4.04. The second-order valence-electron chi connectivity index (χ2n) is 6.23. The monoisotopic (exact) mass is 475 g/mol. The molecule has 0 bridgehead atoms. The fourth-order valence-corrected chi connectivity index (χ4v) is 5.08. The predicted octanol–water partition coefficient (Wildman–Crippen LogP) is 3.45. The van der Waals surface area contributed by atoms with Gasteiger partial charge in [0.25, 0.3) is 15.6 Å². The number of halogens is 1. The first kappa shape index (κ1) is 20.8. The molecule has 0 saturated carbocycles. The molecule has 1 aromatic carbocycles. The van der Waals surface area contributed by atoms with E-state index in [4.69, 9.17) is 11.6 Å². The molecule has 3 N–H and O–H groups in total. The molecule has 0 aliphatic heterocycles. The van der Waals surface area contributed by atoms with Crippen LogP contribution in [0.25, 0.3) is 17.1 Å². The maximum atomic E-state index is 12.3. The number of hydrogen-bond acceptors (Lipinski definition) is 6. The van der Waals surface area contributed by atoms with Gasteiger partial charge in [-0.2, -0.15) is 0 Å². The minimum Gasteiger partial charge on any atom is -0.306 e. The van der Waals surface area contributed by atoms with Crippen LogP contribution in [0, 0.1) is 0 Å². The maximum absolute atomic E-state index is 12.3. The highest BCUT2D eigenvalue weighted by Gasteiger charge is 2.20. The third-order valence-electron chi connectivity index (χ3n) is 4.08. The van der Waals surface area contributed by atoms with Crippen LogP contribution < -0.4 is 15.6 Å². The Hall–Kier alpha value is -3.41. The number of pyridine rings is 1. The minimum atomic E-state index is -4.04. The standard InChI is InChI=1S/C19H14ClN5O4S2/c20-15-7-9-18(30-15)31(28,29)24-19(27)22-13-6-8-16(21-11-13)25-17(26)10-14(23-25)12-4-2-1-3-5-12/h1-11,23H,(H2,22,24,27). The van der Waals surface area contributed by atoms with Crippen molar-refractivity contribution in [3.63, 3.8) is 0 Å². The van der Waals surface area contributed by atoms with Crippen molar-refractivity contribution < 1.29 is 13.2 Å². The molecule has 0 spiro atoms. The predicted molar refractivity (Wildman–Crippen MR) is 118 cm³/mol. The van der Waals surface area contributed by atoms with E-state index < -0.39 is 16.1 Å². The number of urea groups is 1. The molecule has 0 atom stereocenters. The van der Waals surface area contributed by atoms with Crippen LogP contribution in [-0.4, -0.2) is 29.2 Å². The van der Waals surface area contributed by atoms with E-state index in [0.29, 0.717) is 11.5 Å². The zero-order valence-electron chi connectivity index (χ0n) is 15.6. The van der Waals surface area contributed by atoms with Crippen LogP contribution in [-0.2, 0) is 10.0 Å². The van der Waals surface area contributed by atoms with Crippen LogP contribution in [0.2, 0.25) is 4.34 Å². The number of nitrogens with zero attached hydrogens (tertiary/aromatic N) is 2. The maximum Gasteiger partial charge on any atom is 0.333 e. The van der Waals surface area contributed by atoms with E-state index >= 15 is 0 Å². The Morgan fingerprint density at radius 2 is 1.87 bits per heavy atom. The number of anilines is 1. The zero-order valence-corrected chi connectivity index (χ0v) is 18.0. The molecule has 0 saturated heterocycles. The van der Waals surface area contributed by atoms with Crippen molar-refractivity contribution >= 4 is 44.7 Å². The summed E-state index contributed by atoms with van der Waals surface area (Å²) in [5, 5.41) is 5.36. The van der Waals surface area contributed by atoms with E-state index in [2.05, 4.69) is 15.4 Å². The Morgan fingerprint density at radius 1 is 1.10 bits per heavy atom. The first-order chi connectivity index (χ1) is 14.8. The van der Waals surface area contributed by atoms with Gasteiger partial charge in [-0.05, 0) is 29.8 Å². The number of H-pyrrole nitrogens is 1. The van der Waals surface area contributed by atoms with Gasteiger partial charge < -0.3 is 5.32 Å². The molecule has 2 amide bonds. The van der Waals surface area contributed by atoms with Gasteiger partial charge in [0.05, 0.1) is 21.9 Å². The third kappa shape index (κ3) is 4.68. The molecule has 0 fully saturated rings. The molecular formula is C19H14ClN5O4S2. The highest BCUT2D eigenvalue weighted by molar-refractivity contribution is 7.92. The summed E-state index contributed by atoms with van der Waals surface area (Å²) in [5.74, 6) is 0.305. The molecule has 4 aromatic rings. The number of amides is 2. The Kier molecular flexibility index (Phi) is 5.63. The van der Waals surface area contributed by atoms with E-state index in [-0.39, 0.29) is 19.8 Å². The minimum absolute atomic E-state index is 0.0820. The number of rotatable bonds is 5. The highest BCUT2D eigenvalue weighted by Crippen LogP contribution is 2.25. The number of thiophene rings is 1. The smallest absolute Gasteiger partial charge is 0.306 e.